The Morgan fingerprint density at radius 1 is 1.09 bits per heavy atom. The number of carbonyl (C=O) groups excluding carboxylic acids is 1. The van der Waals surface area contributed by atoms with Crippen molar-refractivity contribution >= 4 is 34.2 Å². The molecule has 1 aromatic heterocycles. The molecule has 5 rings (SSSR count). The number of ether oxygens (including phenoxy) is 1. The molecule has 1 fully saturated rings. The van der Waals surface area contributed by atoms with Gasteiger partial charge in [0.2, 0.25) is 5.91 Å². The zero-order chi connectivity index (χ0) is 24.4. The van der Waals surface area contributed by atoms with Gasteiger partial charge in [0.05, 0.1) is 17.6 Å². The molecule has 1 unspecified atom stereocenters. The van der Waals surface area contributed by atoms with Crippen LogP contribution in [0, 0.1) is 6.92 Å². The molecule has 0 saturated carbocycles. The summed E-state index contributed by atoms with van der Waals surface area (Å²) in [7, 11) is 0. The van der Waals surface area contributed by atoms with Gasteiger partial charge >= 0.3 is 0 Å². The third kappa shape index (κ3) is 4.78. The lowest BCUT2D eigenvalue weighted by atomic mass is 10.1. The molecule has 1 aliphatic rings. The molecule has 0 N–H and O–H groups in total. The van der Waals surface area contributed by atoms with Crippen molar-refractivity contribution in [3.05, 3.63) is 88.7 Å². The lowest BCUT2D eigenvalue weighted by Crippen LogP contribution is -2.25. The van der Waals surface area contributed by atoms with Crippen molar-refractivity contribution in [1.29, 1.82) is 0 Å². The smallest absolute Gasteiger partial charge is 0.227 e. The summed E-state index contributed by atoms with van der Waals surface area (Å²) in [6, 6.07) is 22.1. The van der Waals surface area contributed by atoms with Crippen LogP contribution in [0.5, 0.6) is 5.75 Å². The van der Waals surface area contributed by atoms with E-state index in [0.29, 0.717) is 19.6 Å². The van der Waals surface area contributed by atoms with E-state index in [-0.39, 0.29) is 11.8 Å². The molecule has 1 saturated heterocycles. The van der Waals surface area contributed by atoms with Crippen molar-refractivity contribution in [2.75, 3.05) is 18.1 Å². The van der Waals surface area contributed by atoms with E-state index in [0.717, 1.165) is 58.3 Å². The largest absolute Gasteiger partial charge is 0.494 e. The molecule has 180 valence electrons. The molecular weight excluding hydrogens is 458 g/mol. The Balaban J connectivity index is 1.35. The third-order valence-corrected chi connectivity index (χ3v) is 7.19. The molecular formula is C29H30ClN3O2. The number of fused-ring (bicyclic) bond motifs is 1. The predicted molar refractivity (Wildman–Crippen MR) is 142 cm³/mol. The van der Waals surface area contributed by atoms with Gasteiger partial charge < -0.3 is 14.2 Å². The number of amides is 1. The molecule has 4 aromatic rings. The fraction of sp³-hybridized carbons (Fsp3) is 0.310. The summed E-state index contributed by atoms with van der Waals surface area (Å²) in [4.78, 5) is 20.0. The molecule has 1 aliphatic heterocycles. The second-order valence-corrected chi connectivity index (χ2v) is 9.52. The van der Waals surface area contributed by atoms with Gasteiger partial charge in [-0.05, 0) is 67.3 Å². The average Bonchev–Trinajstić information content (AvgIpc) is 3.44. The average molecular weight is 488 g/mol. The fourth-order valence-corrected chi connectivity index (χ4v) is 5.06. The Bertz CT molecular complexity index is 1360. The second-order valence-electron chi connectivity index (χ2n) is 9.11. The first-order valence-electron chi connectivity index (χ1n) is 12.3. The van der Waals surface area contributed by atoms with Crippen molar-refractivity contribution < 1.29 is 9.53 Å². The van der Waals surface area contributed by atoms with Gasteiger partial charge in [-0.15, -0.1) is 0 Å². The standard InChI is InChI=1S/C29H30ClN3O2/c1-3-21-9-4-6-11-26(21)33-19-22(18-28(33)34)29-31-25-10-5-7-12-27(25)32(29)15-8-16-35-23-13-14-24(30)20(2)17-23/h4-7,9-14,17,22H,3,8,15-16,18-19H2,1-2H3. The van der Waals surface area contributed by atoms with E-state index in [9.17, 15) is 4.79 Å². The minimum Gasteiger partial charge on any atom is -0.494 e. The van der Waals surface area contributed by atoms with Crippen LogP contribution >= 0.6 is 11.6 Å². The number of aromatic nitrogens is 2. The van der Waals surface area contributed by atoms with Gasteiger partial charge in [-0.3, -0.25) is 4.79 Å². The van der Waals surface area contributed by atoms with E-state index in [4.69, 9.17) is 21.3 Å². The molecule has 0 bridgehead atoms. The van der Waals surface area contributed by atoms with E-state index in [2.05, 4.69) is 29.7 Å². The maximum Gasteiger partial charge on any atom is 0.227 e. The van der Waals surface area contributed by atoms with Crippen molar-refractivity contribution in [3.63, 3.8) is 0 Å². The van der Waals surface area contributed by atoms with Crippen molar-refractivity contribution in [2.45, 2.75) is 45.6 Å². The number of aryl methyl sites for hydroxylation is 3. The number of hydrogen-bond donors (Lipinski definition) is 0. The quantitative estimate of drug-likeness (QED) is 0.265. The minimum atomic E-state index is 0.0552. The molecule has 2 heterocycles. The molecule has 0 spiro atoms. The van der Waals surface area contributed by atoms with Gasteiger partial charge in [0.15, 0.2) is 0 Å². The number of anilines is 1. The first-order chi connectivity index (χ1) is 17.0. The van der Waals surface area contributed by atoms with E-state index >= 15 is 0 Å². The number of imidazole rings is 1. The Morgan fingerprint density at radius 3 is 2.71 bits per heavy atom. The molecule has 5 nitrogen and oxygen atoms in total. The number of halogens is 1. The maximum absolute atomic E-state index is 13.1. The van der Waals surface area contributed by atoms with Crippen LogP contribution in [0.1, 0.15) is 42.6 Å². The van der Waals surface area contributed by atoms with Crippen LogP contribution < -0.4 is 9.64 Å². The zero-order valence-corrected chi connectivity index (χ0v) is 21.0. The fourth-order valence-electron chi connectivity index (χ4n) is 4.95. The van der Waals surface area contributed by atoms with E-state index in [1.807, 2.05) is 60.4 Å². The van der Waals surface area contributed by atoms with Gasteiger partial charge in [0.25, 0.3) is 0 Å². The second kappa shape index (κ2) is 10.1. The number of nitrogens with zero attached hydrogens (tertiary/aromatic N) is 3. The molecule has 1 amide bonds. The van der Waals surface area contributed by atoms with Gasteiger partial charge in [-0.25, -0.2) is 4.98 Å². The first-order valence-corrected chi connectivity index (χ1v) is 12.7. The molecule has 3 aromatic carbocycles. The third-order valence-electron chi connectivity index (χ3n) is 6.76. The van der Waals surface area contributed by atoms with Crippen LogP contribution in [-0.2, 0) is 17.8 Å². The topological polar surface area (TPSA) is 47.4 Å². The van der Waals surface area contributed by atoms with Gasteiger partial charge in [-0.1, -0.05) is 48.9 Å². The molecule has 35 heavy (non-hydrogen) atoms. The van der Waals surface area contributed by atoms with Crippen LogP contribution in [0.2, 0.25) is 5.02 Å². The highest BCUT2D eigenvalue weighted by atomic mass is 35.5. The lowest BCUT2D eigenvalue weighted by molar-refractivity contribution is -0.117. The Kier molecular flexibility index (Phi) is 6.78. The number of carbonyl (C=O) groups is 1. The number of benzene rings is 3. The van der Waals surface area contributed by atoms with Crippen molar-refractivity contribution in [2.24, 2.45) is 0 Å². The van der Waals surface area contributed by atoms with Crippen LogP contribution in [0.25, 0.3) is 11.0 Å². The van der Waals surface area contributed by atoms with Crippen LogP contribution in [-0.4, -0.2) is 28.6 Å². The predicted octanol–water partition coefficient (Wildman–Crippen LogP) is 6.55. The minimum absolute atomic E-state index is 0.0552. The van der Waals surface area contributed by atoms with Gasteiger partial charge in [0, 0.05) is 36.1 Å². The van der Waals surface area contributed by atoms with Gasteiger partial charge in [0.1, 0.15) is 11.6 Å². The Labute approximate surface area is 211 Å². The van der Waals surface area contributed by atoms with Crippen molar-refractivity contribution in [3.8, 4) is 5.75 Å². The zero-order valence-electron chi connectivity index (χ0n) is 20.2. The van der Waals surface area contributed by atoms with Crippen LogP contribution in [0.3, 0.4) is 0 Å². The molecule has 1 atom stereocenters. The number of para-hydroxylation sites is 3. The monoisotopic (exact) mass is 487 g/mol. The van der Waals surface area contributed by atoms with Crippen molar-refractivity contribution in [1.82, 2.24) is 9.55 Å². The first kappa shape index (κ1) is 23.4. The highest BCUT2D eigenvalue weighted by molar-refractivity contribution is 6.31. The SMILES string of the molecule is CCc1ccccc1N1CC(c2nc3ccccc3n2CCCOc2ccc(Cl)c(C)c2)CC1=O. The van der Waals surface area contributed by atoms with Crippen LogP contribution in [0.15, 0.2) is 66.7 Å². The summed E-state index contributed by atoms with van der Waals surface area (Å²) in [5.41, 5.74) is 5.30. The summed E-state index contributed by atoms with van der Waals surface area (Å²) in [5, 5.41) is 0.744. The normalized spacial score (nSPS) is 15.8. The summed E-state index contributed by atoms with van der Waals surface area (Å²) in [6.45, 7) is 6.12. The van der Waals surface area contributed by atoms with Crippen LogP contribution in [0.4, 0.5) is 5.69 Å². The number of hydrogen-bond acceptors (Lipinski definition) is 3. The highest BCUT2D eigenvalue weighted by Gasteiger charge is 2.35. The maximum atomic E-state index is 13.1. The highest BCUT2D eigenvalue weighted by Crippen LogP contribution is 2.35. The number of rotatable bonds is 8. The lowest BCUT2D eigenvalue weighted by Gasteiger charge is -2.20. The Morgan fingerprint density at radius 2 is 1.89 bits per heavy atom. The van der Waals surface area contributed by atoms with Gasteiger partial charge in [-0.2, -0.15) is 0 Å². The summed E-state index contributed by atoms with van der Waals surface area (Å²) < 4.78 is 8.26. The molecule has 0 radical (unpaired) electrons. The Hall–Kier alpha value is -3.31. The van der Waals surface area contributed by atoms with E-state index in [1.54, 1.807) is 0 Å². The summed E-state index contributed by atoms with van der Waals surface area (Å²) in [6.07, 6.45) is 2.20. The summed E-state index contributed by atoms with van der Waals surface area (Å²) >= 11 is 6.13. The van der Waals surface area contributed by atoms with E-state index in [1.165, 1.54) is 5.56 Å². The summed E-state index contributed by atoms with van der Waals surface area (Å²) in [5.74, 6) is 2.03. The molecule has 6 heteroatoms. The molecule has 0 aliphatic carbocycles. The van der Waals surface area contributed by atoms with E-state index < -0.39 is 0 Å².